The van der Waals surface area contributed by atoms with Gasteiger partial charge in [0, 0.05) is 11.8 Å². The fraction of sp³-hybridized carbons (Fsp3) is 0.182. The van der Waals surface area contributed by atoms with Crippen LogP contribution in [-0.2, 0) is 11.2 Å². The van der Waals surface area contributed by atoms with Crippen LogP contribution in [0.3, 0.4) is 0 Å². The predicted molar refractivity (Wildman–Crippen MR) is 119 cm³/mol. The molecule has 2 atom stereocenters. The summed E-state index contributed by atoms with van der Waals surface area (Å²) in [5, 5.41) is 16.8. The van der Waals surface area contributed by atoms with Crippen LogP contribution in [0.25, 0.3) is 21.5 Å². The molecule has 2 heterocycles. The third-order valence-corrected chi connectivity index (χ3v) is 5.87. The molecule has 33 heavy (non-hydrogen) atoms. The Hall–Kier alpha value is -3.70. The lowest BCUT2D eigenvalue weighted by atomic mass is 10.00. The van der Waals surface area contributed by atoms with Gasteiger partial charge in [-0.1, -0.05) is 42.5 Å². The Morgan fingerprint density at radius 1 is 1.15 bits per heavy atom. The van der Waals surface area contributed by atoms with Gasteiger partial charge in [-0.25, -0.2) is 9.67 Å². The van der Waals surface area contributed by atoms with Crippen molar-refractivity contribution >= 4 is 33.4 Å². The number of benzene rings is 2. The Kier molecular flexibility index (Phi) is 6.43. The van der Waals surface area contributed by atoms with Crippen molar-refractivity contribution in [1.82, 2.24) is 20.1 Å². The number of fused-ring (bicyclic) bond motifs is 1. The van der Waals surface area contributed by atoms with Crippen LogP contribution < -0.4 is 11.1 Å². The van der Waals surface area contributed by atoms with Crippen LogP contribution in [0, 0.1) is 0 Å². The molecule has 0 fully saturated rings. The molecule has 0 aliphatic heterocycles. The number of rotatable bonds is 8. The fourth-order valence-corrected chi connectivity index (χ4v) is 4.19. The van der Waals surface area contributed by atoms with E-state index in [0.717, 1.165) is 16.5 Å². The van der Waals surface area contributed by atoms with Gasteiger partial charge >= 0.3 is 6.55 Å². The number of nitrogens with zero attached hydrogens (tertiary/aromatic N) is 3. The first kappa shape index (κ1) is 22.5. The molecule has 0 bridgehead atoms. The van der Waals surface area contributed by atoms with Gasteiger partial charge in [0.05, 0.1) is 27.3 Å². The van der Waals surface area contributed by atoms with E-state index in [0.29, 0.717) is 15.8 Å². The standard InChI is InChI=1S/C22H19F2N5O3S/c23-22(24)29-10-14(17(28-29)13-7-4-8-16-18(13)26-11-33-16)21(32)27-15(19(30)20(25)31)9-12-5-2-1-3-6-12/h1-8,10-11,15,19,22,30H,9H2,(H2,25,31)(H,27,32). The Labute approximate surface area is 190 Å². The van der Waals surface area contributed by atoms with Gasteiger partial charge in [-0.3, -0.25) is 9.59 Å². The summed E-state index contributed by atoms with van der Waals surface area (Å²) >= 11 is 1.36. The van der Waals surface area contributed by atoms with Crippen LogP contribution >= 0.6 is 11.3 Å². The molecule has 0 spiro atoms. The number of aliphatic hydroxyl groups excluding tert-OH is 1. The zero-order chi connectivity index (χ0) is 23.5. The smallest absolute Gasteiger partial charge is 0.333 e. The molecule has 11 heteroatoms. The largest absolute Gasteiger partial charge is 0.381 e. The number of aliphatic hydroxyl groups is 1. The average molecular weight is 471 g/mol. The van der Waals surface area contributed by atoms with Crippen molar-refractivity contribution in [3.05, 3.63) is 71.4 Å². The van der Waals surface area contributed by atoms with Gasteiger partial charge in [-0.05, 0) is 18.1 Å². The summed E-state index contributed by atoms with van der Waals surface area (Å²) in [5.41, 5.74) is 8.40. The molecular weight excluding hydrogens is 452 g/mol. The summed E-state index contributed by atoms with van der Waals surface area (Å²) in [7, 11) is 0. The molecule has 0 saturated heterocycles. The molecule has 0 radical (unpaired) electrons. The maximum Gasteiger partial charge on any atom is 0.333 e. The molecule has 0 saturated carbocycles. The normalized spacial score (nSPS) is 13.2. The van der Waals surface area contributed by atoms with Gasteiger partial charge in [0.15, 0.2) is 6.10 Å². The summed E-state index contributed by atoms with van der Waals surface area (Å²) in [6.07, 6.45) is -0.669. The highest BCUT2D eigenvalue weighted by Crippen LogP contribution is 2.32. The number of halogens is 2. The van der Waals surface area contributed by atoms with Gasteiger partial charge in [0.1, 0.15) is 5.69 Å². The summed E-state index contributed by atoms with van der Waals surface area (Å²) < 4.78 is 28.0. The minimum Gasteiger partial charge on any atom is -0.381 e. The SMILES string of the molecule is NC(=O)C(O)C(Cc1ccccc1)NC(=O)c1cn(C(F)F)nc1-c1cccc2scnc12. The lowest BCUT2D eigenvalue weighted by molar-refractivity contribution is -0.127. The van der Waals surface area contributed by atoms with Crippen molar-refractivity contribution in [2.75, 3.05) is 0 Å². The molecule has 4 aromatic rings. The zero-order valence-corrected chi connectivity index (χ0v) is 17.9. The molecular formula is C22H19F2N5O3S. The van der Waals surface area contributed by atoms with E-state index in [9.17, 15) is 23.5 Å². The van der Waals surface area contributed by atoms with E-state index in [1.807, 2.05) is 6.07 Å². The van der Waals surface area contributed by atoms with E-state index in [1.165, 1.54) is 11.3 Å². The lowest BCUT2D eigenvalue weighted by Gasteiger charge is -2.22. The van der Waals surface area contributed by atoms with Crippen LogP contribution in [-0.4, -0.2) is 43.8 Å². The number of alkyl halides is 2. The Morgan fingerprint density at radius 2 is 1.91 bits per heavy atom. The number of carbonyl (C=O) groups is 2. The minimum atomic E-state index is -2.98. The number of thiazole rings is 1. The van der Waals surface area contributed by atoms with Crippen molar-refractivity contribution in [2.45, 2.75) is 25.1 Å². The maximum atomic E-state index is 13.4. The molecule has 0 aliphatic carbocycles. The number of aromatic nitrogens is 3. The van der Waals surface area contributed by atoms with Crippen LogP contribution in [0.1, 0.15) is 22.5 Å². The van der Waals surface area contributed by atoms with Crippen molar-refractivity contribution < 1.29 is 23.5 Å². The highest BCUT2D eigenvalue weighted by Gasteiger charge is 2.29. The zero-order valence-electron chi connectivity index (χ0n) is 17.1. The van der Waals surface area contributed by atoms with E-state index < -0.39 is 30.5 Å². The van der Waals surface area contributed by atoms with Crippen LogP contribution in [0.5, 0.6) is 0 Å². The Balaban J connectivity index is 1.72. The van der Waals surface area contributed by atoms with Crippen LogP contribution in [0.15, 0.2) is 60.2 Å². The fourth-order valence-electron chi connectivity index (χ4n) is 3.49. The number of hydrogen-bond acceptors (Lipinski definition) is 6. The molecule has 4 rings (SSSR count). The molecule has 4 N–H and O–H groups in total. The Morgan fingerprint density at radius 3 is 2.61 bits per heavy atom. The van der Waals surface area contributed by atoms with E-state index in [2.05, 4.69) is 15.4 Å². The molecule has 8 nitrogen and oxygen atoms in total. The highest BCUT2D eigenvalue weighted by molar-refractivity contribution is 7.16. The maximum absolute atomic E-state index is 13.4. The highest BCUT2D eigenvalue weighted by atomic mass is 32.1. The van der Waals surface area contributed by atoms with Crippen molar-refractivity contribution in [3.63, 3.8) is 0 Å². The topological polar surface area (TPSA) is 123 Å². The van der Waals surface area contributed by atoms with Gasteiger partial charge in [0.25, 0.3) is 5.91 Å². The lowest BCUT2D eigenvalue weighted by Crippen LogP contribution is -2.50. The molecule has 2 aromatic heterocycles. The first-order valence-electron chi connectivity index (χ1n) is 9.87. The van der Waals surface area contributed by atoms with Crippen molar-refractivity contribution in [2.24, 2.45) is 5.73 Å². The first-order chi connectivity index (χ1) is 15.8. The third-order valence-electron chi connectivity index (χ3n) is 5.08. The monoisotopic (exact) mass is 471 g/mol. The Bertz CT molecular complexity index is 1290. The number of amides is 2. The molecule has 170 valence electrons. The number of hydrogen-bond donors (Lipinski definition) is 3. The number of para-hydroxylation sites is 1. The number of nitrogens with one attached hydrogen (secondary N) is 1. The predicted octanol–water partition coefficient (Wildman–Crippen LogP) is 2.74. The van der Waals surface area contributed by atoms with Crippen molar-refractivity contribution in [3.8, 4) is 11.3 Å². The second-order valence-corrected chi connectivity index (χ2v) is 8.16. The summed E-state index contributed by atoms with van der Waals surface area (Å²) in [6, 6.07) is 12.9. The van der Waals surface area contributed by atoms with Crippen LogP contribution in [0.2, 0.25) is 0 Å². The second-order valence-electron chi connectivity index (χ2n) is 7.27. The number of primary amides is 1. The molecule has 2 amide bonds. The van der Waals surface area contributed by atoms with Gasteiger partial charge in [-0.15, -0.1) is 11.3 Å². The van der Waals surface area contributed by atoms with Gasteiger partial charge in [-0.2, -0.15) is 13.9 Å². The van der Waals surface area contributed by atoms with E-state index >= 15 is 0 Å². The molecule has 2 unspecified atom stereocenters. The van der Waals surface area contributed by atoms with Gasteiger partial charge in [0.2, 0.25) is 5.91 Å². The molecule has 0 aliphatic rings. The van der Waals surface area contributed by atoms with E-state index in [1.54, 1.807) is 48.0 Å². The van der Waals surface area contributed by atoms with Gasteiger partial charge < -0.3 is 16.2 Å². The quantitative estimate of drug-likeness (QED) is 0.365. The summed E-state index contributed by atoms with van der Waals surface area (Å²) in [5.74, 6) is -1.81. The molecule has 2 aromatic carbocycles. The third kappa shape index (κ3) is 4.73. The van der Waals surface area contributed by atoms with Crippen LogP contribution in [0.4, 0.5) is 8.78 Å². The second kappa shape index (κ2) is 9.43. The summed E-state index contributed by atoms with van der Waals surface area (Å²) in [4.78, 5) is 29.1. The minimum absolute atomic E-state index is 0.0105. The number of carbonyl (C=O) groups excluding carboxylic acids is 2. The van der Waals surface area contributed by atoms with E-state index in [-0.39, 0.29) is 17.7 Å². The van der Waals surface area contributed by atoms with E-state index in [4.69, 9.17) is 5.73 Å². The first-order valence-corrected chi connectivity index (χ1v) is 10.7. The number of nitrogens with two attached hydrogens (primary N) is 1. The van der Waals surface area contributed by atoms with Crippen molar-refractivity contribution in [1.29, 1.82) is 0 Å². The average Bonchev–Trinajstić information content (AvgIpc) is 3.46. The summed E-state index contributed by atoms with van der Waals surface area (Å²) in [6.45, 7) is -2.98.